The number of halogens is 1. The Morgan fingerprint density at radius 3 is 3.07 bits per heavy atom. The lowest BCUT2D eigenvalue weighted by Gasteiger charge is -2.23. The molecule has 0 spiro atoms. The number of likely N-dealkylation sites (tertiary alicyclic amines) is 1. The maximum absolute atomic E-state index is 12.7. The molecule has 146 valence electrons. The number of benzene rings is 1. The first kappa shape index (κ1) is 19.7. The van der Waals surface area contributed by atoms with Crippen molar-refractivity contribution in [3.63, 3.8) is 0 Å². The van der Waals surface area contributed by atoms with E-state index in [2.05, 4.69) is 27.0 Å². The van der Waals surface area contributed by atoms with Gasteiger partial charge in [0.1, 0.15) is 0 Å². The van der Waals surface area contributed by atoms with Crippen LogP contribution in [0.5, 0.6) is 0 Å². The fourth-order valence-corrected chi connectivity index (χ4v) is 5.87. The van der Waals surface area contributed by atoms with Gasteiger partial charge in [-0.1, -0.05) is 46.8 Å². The van der Waals surface area contributed by atoms with Gasteiger partial charge in [-0.25, -0.2) is 0 Å². The molecule has 1 unspecified atom stereocenters. The summed E-state index contributed by atoms with van der Waals surface area (Å²) in [5.41, 5.74) is 1.90. The lowest BCUT2D eigenvalue weighted by atomic mass is 10.2. The number of aromatic nitrogens is 2. The van der Waals surface area contributed by atoms with Crippen molar-refractivity contribution in [2.75, 3.05) is 17.6 Å². The van der Waals surface area contributed by atoms with Crippen LogP contribution >= 0.6 is 46.0 Å². The highest BCUT2D eigenvalue weighted by Gasteiger charge is 2.30. The van der Waals surface area contributed by atoms with Crippen LogP contribution in [0.2, 0.25) is 5.02 Å². The zero-order valence-corrected chi connectivity index (χ0v) is 18.4. The number of carbonyl (C=O) groups excluding carboxylic acids is 1. The van der Waals surface area contributed by atoms with Gasteiger partial charge in [0.2, 0.25) is 11.0 Å². The number of amides is 1. The highest BCUT2D eigenvalue weighted by molar-refractivity contribution is 8.01. The highest BCUT2D eigenvalue weighted by Crippen LogP contribution is 2.36. The maximum Gasteiger partial charge on any atom is 0.233 e. The monoisotopic (exact) mass is 450 g/mol. The van der Waals surface area contributed by atoms with Gasteiger partial charge >= 0.3 is 0 Å². The number of nitrogens with zero attached hydrogens (tertiary/aromatic N) is 3. The first-order chi connectivity index (χ1) is 13.6. The van der Waals surface area contributed by atoms with Crippen LogP contribution < -0.4 is 5.32 Å². The van der Waals surface area contributed by atoms with Crippen LogP contribution in [-0.4, -0.2) is 33.3 Å². The fraction of sp³-hybridized carbons (Fsp3) is 0.316. The number of rotatable bonds is 6. The first-order valence-corrected chi connectivity index (χ1v) is 12.0. The second-order valence-electron chi connectivity index (χ2n) is 6.51. The molecule has 4 rings (SSSR count). The number of anilines is 2. The van der Waals surface area contributed by atoms with E-state index in [-0.39, 0.29) is 11.9 Å². The van der Waals surface area contributed by atoms with Crippen LogP contribution in [0, 0.1) is 6.92 Å². The van der Waals surface area contributed by atoms with Crippen molar-refractivity contribution in [2.24, 2.45) is 0 Å². The van der Waals surface area contributed by atoms with Crippen molar-refractivity contribution in [3.05, 3.63) is 51.2 Å². The van der Waals surface area contributed by atoms with Gasteiger partial charge in [-0.15, -0.1) is 21.5 Å². The number of thiophene rings is 1. The quantitative estimate of drug-likeness (QED) is 0.483. The molecule has 1 amide bonds. The molecule has 9 heteroatoms. The fourth-order valence-electron chi connectivity index (χ4n) is 3.16. The summed E-state index contributed by atoms with van der Waals surface area (Å²) in [6.45, 7) is 2.80. The van der Waals surface area contributed by atoms with Crippen molar-refractivity contribution < 1.29 is 4.79 Å². The van der Waals surface area contributed by atoms with E-state index in [4.69, 9.17) is 11.6 Å². The molecule has 0 aliphatic carbocycles. The number of hydrogen-bond donors (Lipinski definition) is 1. The van der Waals surface area contributed by atoms with E-state index in [1.165, 1.54) is 28.0 Å². The predicted octanol–water partition coefficient (Wildman–Crippen LogP) is 5.76. The smallest absolute Gasteiger partial charge is 0.233 e. The molecule has 0 saturated carbocycles. The lowest BCUT2D eigenvalue weighted by Crippen LogP contribution is -2.31. The van der Waals surface area contributed by atoms with Gasteiger partial charge < -0.3 is 10.2 Å². The van der Waals surface area contributed by atoms with E-state index in [1.807, 2.05) is 36.1 Å². The molecule has 3 aromatic rings. The molecule has 1 aliphatic rings. The standard InChI is InChI=1S/C19H19ClN4OS3/c1-12-6-7-13(10-14(12)20)21-18-22-23-19(28-18)27-11-17(25)24-8-2-4-15(24)16-5-3-9-26-16/h3,5-7,9-10,15H,2,4,8,11H2,1H3,(H,21,22). The number of carbonyl (C=O) groups is 1. The summed E-state index contributed by atoms with van der Waals surface area (Å²) in [5.74, 6) is 0.545. The minimum absolute atomic E-state index is 0.163. The van der Waals surface area contributed by atoms with Gasteiger partial charge in [-0.05, 0) is 48.9 Å². The third-order valence-electron chi connectivity index (χ3n) is 4.59. The zero-order valence-electron chi connectivity index (χ0n) is 15.2. The Morgan fingerprint density at radius 2 is 2.29 bits per heavy atom. The Labute approximate surface area is 181 Å². The third kappa shape index (κ3) is 4.51. The molecule has 1 fully saturated rings. The predicted molar refractivity (Wildman–Crippen MR) is 118 cm³/mol. The molecule has 0 radical (unpaired) electrons. The van der Waals surface area contributed by atoms with Gasteiger partial charge in [0, 0.05) is 22.1 Å². The number of nitrogens with one attached hydrogen (secondary N) is 1. The summed E-state index contributed by atoms with van der Waals surface area (Å²) in [7, 11) is 0. The molecule has 1 aliphatic heterocycles. The highest BCUT2D eigenvalue weighted by atomic mass is 35.5. The normalized spacial score (nSPS) is 16.5. The summed E-state index contributed by atoms with van der Waals surface area (Å²) in [4.78, 5) is 16.0. The third-order valence-corrected chi connectivity index (χ3v) is 7.93. The molecule has 1 atom stereocenters. The number of hydrogen-bond acceptors (Lipinski definition) is 7. The van der Waals surface area contributed by atoms with Crippen LogP contribution in [0.4, 0.5) is 10.8 Å². The van der Waals surface area contributed by atoms with E-state index in [1.54, 1.807) is 11.3 Å². The minimum Gasteiger partial charge on any atom is -0.334 e. The van der Waals surface area contributed by atoms with E-state index >= 15 is 0 Å². The van der Waals surface area contributed by atoms with E-state index < -0.39 is 0 Å². The summed E-state index contributed by atoms with van der Waals surface area (Å²) in [5, 5.41) is 15.0. The van der Waals surface area contributed by atoms with Gasteiger partial charge in [-0.2, -0.15) is 0 Å². The molecule has 1 aromatic carbocycles. The molecule has 2 aromatic heterocycles. The molecular formula is C19H19ClN4OS3. The SMILES string of the molecule is Cc1ccc(Nc2nnc(SCC(=O)N3CCCC3c3cccs3)s2)cc1Cl. The van der Waals surface area contributed by atoms with Gasteiger partial charge in [0.05, 0.1) is 11.8 Å². The molecule has 28 heavy (non-hydrogen) atoms. The van der Waals surface area contributed by atoms with Crippen LogP contribution in [0.25, 0.3) is 0 Å². The largest absolute Gasteiger partial charge is 0.334 e. The van der Waals surface area contributed by atoms with Crippen molar-refractivity contribution in [2.45, 2.75) is 30.1 Å². The Kier molecular flexibility index (Phi) is 6.20. The minimum atomic E-state index is 0.163. The Hall–Kier alpha value is -1.61. The molecule has 5 nitrogen and oxygen atoms in total. The second kappa shape index (κ2) is 8.82. The van der Waals surface area contributed by atoms with Gasteiger partial charge in [-0.3, -0.25) is 4.79 Å². The average molecular weight is 451 g/mol. The Balaban J connectivity index is 1.34. The van der Waals surface area contributed by atoms with Crippen molar-refractivity contribution >= 4 is 62.8 Å². The molecular weight excluding hydrogens is 432 g/mol. The lowest BCUT2D eigenvalue weighted by molar-refractivity contribution is -0.129. The Morgan fingerprint density at radius 1 is 1.39 bits per heavy atom. The van der Waals surface area contributed by atoms with Crippen molar-refractivity contribution in [3.8, 4) is 0 Å². The van der Waals surface area contributed by atoms with Crippen LogP contribution in [-0.2, 0) is 4.79 Å². The maximum atomic E-state index is 12.7. The van der Waals surface area contributed by atoms with Crippen LogP contribution in [0.3, 0.4) is 0 Å². The molecule has 1 N–H and O–H groups in total. The summed E-state index contributed by atoms with van der Waals surface area (Å²) in [6.07, 6.45) is 2.11. The van der Waals surface area contributed by atoms with Gasteiger partial charge in [0.25, 0.3) is 0 Å². The second-order valence-corrected chi connectivity index (χ2v) is 10.1. The van der Waals surface area contributed by atoms with E-state index in [0.717, 1.165) is 35.0 Å². The van der Waals surface area contributed by atoms with E-state index in [0.29, 0.717) is 15.9 Å². The first-order valence-electron chi connectivity index (χ1n) is 8.92. The topological polar surface area (TPSA) is 58.1 Å². The summed E-state index contributed by atoms with van der Waals surface area (Å²) >= 11 is 10.8. The zero-order chi connectivity index (χ0) is 19.5. The Bertz CT molecular complexity index is 960. The molecule has 1 saturated heterocycles. The summed E-state index contributed by atoms with van der Waals surface area (Å²) in [6, 6.07) is 10.2. The van der Waals surface area contributed by atoms with Crippen LogP contribution in [0.15, 0.2) is 40.1 Å². The van der Waals surface area contributed by atoms with E-state index in [9.17, 15) is 4.79 Å². The summed E-state index contributed by atoms with van der Waals surface area (Å²) < 4.78 is 0.779. The van der Waals surface area contributed by atoms with Gasteiger partial charge in [0.15, 0.2) is 4.34 Å². The number of thioether (sulfide) groups is 1. The molecule has 3 heterocycles. The van der Waals surface area contributed by atoms with Crippen molar-refractivity contribution in [1.29, 1.82) is 0 Å². The molecule has 0 bridgehead atoms. The number of aryl methyl sites for hydroxylation is 1. The average Bonchev–Trinajstić information content (AvgIpc) is 3.44. The van der Waals surface area contributed by atoms with Crippen molar-refractivity contribution in [1.82, 2.24) is 15.1 Å². The van der Waals surface area contributed by atoms with Crippen LogP contribution in [0.1, 0.15) is 29.3 Å².